The van der Waals surface area contributed by atoms with Gasteiger partial charge in [-0.3, -0.25) is 9.59 Å². The summed E-state index contributed by atoms with van der Waals surface area (Å²) in [6, 6.07) is -0.447. The quantitative estimate of drug-likeness (QED) is 0.819. The highest BCUT2D eigenvalue weighted by Crippen LogP contribution is 2.20. The summed E-state index contributed by atoms with van der Waals surface area (Å²) in [5.41, 5.74) is 6.01. The number of ether oxygens (including phenoxy) is 1. The van der Waals surface area contributed by atoms with Crippen LogP contribution in [0.3, 0.4) is 0 Å². The average Bonchev–Trinajstić information content (AvgIpc) is 2.53. The van der Waals surface area contributed by atoms with Crippen LogP contribution in [0.1, 0.15) is 33.1 Å². The van der Waals surface area contributed by atoms with Crippen LogP contribution in [-0.4, -0.2) is 67.0 Å². The van der Waals surface area contributed by atoms with Crippen molar-refractivity contribution >= 4 is 24.2 Å². The van der Waals surface area contributed by atoms with Crippen LogP contribution >= 0.6 is 12.4 Å². The fourth-order valence-corrected chi connectivity index (χ4v) is 3.26. The Bertz CT molecular complexity index is 400. The Balaban J connectivity index is 0.00000264. The van der Waals surface area contributed by atoms with Crippen LogP contribution in [-0.2, 0) is 14.3 Å². The van der Waals surface area contributed by atoms with Gasteiger partial charge in [0, 0.05) is 26.2 Å². The van der Waals surface area contributed by atoms with Crippen LogP contribution in [0, 0.1) is 11.8 Å². The Morgan fingerprint density at radius 1 is 1.17 bits per heavy atom. The van der Waals surface area contributed by atoms with Gasteiger partial charge in [0.15, 0.2) is 0 Å². The summed E-state index contributed by atoms with van der Waals surface area (Å²) in [7, 11) is 0. The monoisotopic (exact) mass is 347 g/mol. The molecular weight excluding hydrogens is 318 g/mol. The van der Waals surface area contributed by atoms with E-state index in [4.69, 9.17) is 10.5 Å². The molecule has 7 heteroatoms. The van der Waals surface area contributed by atoms with Crippen LogP contribution in [0.4, 0.5) is 0 Å². The molecule has 0 bridgehead atoms. The standard InChI is InChI=1S/C16H29N3O3.ClH/c1-12(2)10-14(17)16(21)19-5-3-4-13(11-19)15(20)18-6-8-22-9-7-18;/h12-14H,3-11,17H2,1-2H3;1H/t13?,14-;/m0./s1. The van der Waals surface area contributed by atoms with Crippen molar-refractivity contribution in [3.05, 3.63) is 0 Å². The Hall–Kier alpha value is -0.850. The predicted octanol–water partition coefficient (Wildman–Crippen LogP) is 0.879. The Labute approximate surface area is 145 Å². The fourth-order valence-electron chi connectivity index (χ4n) is 3.26. The summed E-state index contributed by atoms with van der Waals surface area (Å²) in [5, 5.41) is 0. The molecule has 0 aromatic carbocycles. The van der Waals surface area contributed by atoms with Gasteiger partial charge in [-0.15, -0.1) is 12.4 Å². The Morgan fingerprint density at radius 3 is 2.43 bits per heavy atom. The lowest BCUT2D eigenvalue weighted by Crippen LogP contribution is -2.52. The maximum Gasteiger partial charge on any atom is 0.239 e. The molecule has 0 spiro atoms. The highest BCUT2D eigenvalue weighted by Gasteiger charge is 2.33. The van der Waals surface area contributed by atoms with Crippen LogP contribution in [0.5, 0.6) is 0 Å². The molecule has 0 saturated carbocycles. The number of nitrogens with zero attached hydrogens (tertiary/aromatic N) is 2. The molecule has 2 amide bonds. The van der Waals surface area contributed by atoms with Gasteiger partial charge in [0.25, 0.3) is 0 Å². The molecular formula is C16H30ClN3O3. The van der Waals surface area contributed by atoms with Crippen LogP contribution in [0.15, 0.2) is 0 Å². The first-order valence-electron chi connectivity index (χ1n) is 8.40. The summed E-state index contributed by atoms with van der Waals surface area (Å²) in [6.45, 7) is 7.91. The molecule has 0 aliphatic carbocycles. The molecule has 2 fully saturated rings. The number of carbonyl (C=O) groups excluding carboxylic acids is 2. The zero-order valence-electron chi connectivity index (χ0n) is 14.2. The first kappa shape index (κ1) is 20.2. The third-order valence-electron chi connectivity index (χ3n) is 4.45. The number of hydrogen-bond donors (Lipinski definition) is 1. The third-order valence-corrected chi connectivity index (χ3v) is 4.45. The first-order valence-corrected chi connectivity index (χ1v) is 8.40. The van der Waals surface area contributed by atoms with E-state index in [1.165, 1.54) is 0 Å². The van der Waals surface area contributed by atoms with Gasteiger partial charge in [-0.1, -0.05) is 13.8 Å². The summed E-state index contributed by atoms with van der Waals surface area (Å²) in [6.07, 6.45) is 2.43. The van der Waals surface area contributed by atoms with E-state index in [1.54, 1.807) is 4.90 Å². The summed E-state index contributed by atoms with van der Waals surface area (Å²) in [4.78, 5) is 28.7. The number of amides is 2. The second-order valence-corrected chi connectivity index (χ2v) is 6.80. The molecule has 0 radical (unpaired) electrons. The topological polar surface area (TPSA) is 75.9 Å². The van der Waals surface area contributed by atoms with Gasteiger partial charge in [-0.2, -0.15) is 0 Å². The molecule has 2 heterocycles. The number of likely N-dealkylation sites (tertiary alicyclic amines) is 1. The lowest BCUT2D eigenvalue weighted by molar-refractivity contribution is -0.144. The van der Waals surface area contributed by atoms with Crippen molar-refractivity contribution < 1.29 is 14.3 Å². The minimum Gasteiger partial charge on any atom is -0.378 e. The van der Waals surface area contributed by atoms with E-state index in [9.17, 15) is 9.59 Å². The molecule has 2 aliphatic rings. The number of rotatable bonds is 4. The van der Waals surface area contributed by atoms with Crippen LogP contribution in [0.25, 0.3) is 0 Å². The van der Waals surface area contributed by atoms with Crippen LogP contribution < -0.4 is 5.73 Å². The maximum atomic E-state index is 12.6. The normalized spacial score (nSPS) is 23.4. The van der Waals surface area contributed by atoms with E-state index < -0.39 is 6.04 Å². The molecule has 2 N–H and O–H groups in total. The number of piperidine rings is 1. The molecule has 0 aromatic rings. The van der Waals surface area contributed by atoms with E-state index in [0.717, 1.165) is 19.4 Å². The van der Waals surface area contributed by atoms with E-state index in [-0.39, 0.29) is 30.1 Å². The number of carbonyl (C=O) groups is 2. The lowest BCUT2D eigenvalue weighted by Gasteiger charge is -2.37. The van der Waals surface area contributed by atoms with E-state index in [2.05, 4.69) is 13.8 Å². The lowest BCUT2D eigenvalue weighted by atomic mass is 9.95. The molecule has 6 nitrogen and oxygen atoms in total. The molecule has 2 aliphatic heterocycles. The summed E-state index contributed by atoms with van der Waals surface area (Å²) in [5.74, 6) is 0.475. The van der Waals surface area contributed by atoms with Crippen molar-refractivity contribution in [2.45, 2.75) is 39.2 Å². The molecule has 1 unspecified atom stereocenters. The van der Waals surface area contributed by atoms with Crippen molar-refractivity contribution in [1.29, 1.82) is 0 Å². The predicted molar refractivity (Wildman–Crippen MR) is 91.4 cm³/mol. The molecule has 2 saturated heterocycles. The molecule has 0 aromatic heterocycles. The van der Waals surface area contributed by atoms with Gasteiger partial charge in [0.2, 0.25) is 11.8 Å². The Morgan fingerprint density at radius 2 is 1.83 bits per heavy atom. The SMILES string of the molecule is CC(C)C[C@H](N)C(=O)N1CCCC(C(=O)N2CCOCC2)C1.Cl. The van der Waals surface area contributed by atoms with Gasteiger partial charge < -0.3 is 20.3 Å². The first-order chi connectivity index (χ1) is 10.5. The highest BCUT2D eigenvalue weighted by atomic mass is 35.5. The zero-order valence-corrected chi connectivity index (χ0v) is 15.0. The molecule has 2 rings (SSSR count). The molecule has 2 atom stereocenters. The minimum atomic E-state index is -0.447. The van der Waals surface area contributed by atoms with Gasteiger partial charge >= 0.3 is 0 Å². The minimum absolute atomic E-state index is 0. The Kier molecular flexibility index (Phi) is 8.29. The van der Waals surface area contributed by atoms with Crippen molar-refractivity contribution in [3.8, 4) is 0 Å². The largest absolute Gasteiger partial charge is 0.378 e. The van der Waals surface area contributed by atoms with Gasteiger partial charge in [0.1, 0.15) is 0 Å². The number of nitrogens with two attached hydrogens (primary N) is 1. The van der Waals surface area contributed by atoms with Gasteiger partial charge in [0.05, 0.1) is 25.2 Å². The fraction of sp³-hybridized carbons (Fsp3) is 0.875. The molecule has 134 valence electrons. The molecule has 23 heavy (non-hydrogen) atoms. The average molecular weight is 348 g/mol. The van der Waals surface area contributed by atoms with E-state index in [0.29, 0.717) is 45.2 Å². The van der Waals surface area contributed by atoms with E-state index >= 15 is 0 Å². The summed E-state index contributed by atoms with van der Waals surface area (Å²) >= 11 is 0. The van der Waals surface area contributed by atoms with Crippen LogP contribution in [0.2, 0.25) is 0 Å². The summed E-state index contributed by atoms with van der Waals surface area (Å²) < 4.78 is 5.29. The second kappa shape index (κ2) is 9.45. The van der Waals surface area contributed by atoms with Crippen molar-refractivity contribution in [1.82, 2.24) is 9.80 Å². The number of hydrogen-bond acceptors (Lipinski definition) is 4. The van der Waals surface area contributed by atoms with Crippen molar-refractivity contribution in [3.63, 3.8) is 0 Å². The van der Waals surface area contributed by atoms with E-state index in [1.807, 2.05) is 4.90 Å². The maximum absolute atomic E-state index is 12.6. The van der Waals surface area contributed by atoms with Gasteiger partial charge in [-0.05, 0) is 25.2 Å². The number of halogens is 1. The van der Waals surface area contributed by atoms with Crippen molar-refractivity contribution in [2.75, 3.05) is 39.4 Å². The third kappa shape index (κ3) is 5.62. The van der Waals surface area contributed by atoms with Crippen molar-refractivity contribution in [2.24, 2.45) is 17.6 Å². The van der Waals surface area contributed by atoms with Gasteiger partial charge in [-0.25, -0.2) is 0 Å². The highest BCUT2D eigenvalue weighted by molar-refractivity contribution is 5.85. The zero-order chi connectivity index (χ0) is 16.1. The smallest absolute Gasteiger partial charge is 0.239 e. The second-order valence-electron chi connectivity index (χ2n) is 6.80. The number of morpholine rings is 1.